The molecule has 0 saturated heterocycles. The third kappa shape index (κ3) is 4.82. The van der Waals surface area contributed by atoms with Gasteiger partial charge in [0.2, 0.25) is 5.91 Å². The van der Waals surface area contributed by atoms with Crippen LogP contribution < -0.4 is 10.6 Å². The first-order valence-electron chi connectivity index (χ1n) is 5.33. The second-order valence-electron chi connectivity index (χ2n) is 3.64. The molecule has 0 heterocycles. The summed E-state index contributed by atoms with van der Waals surface area (Å²) in [5, 5.41) is 5.15. The number of rotatable bonds is 5. The van der Waals surface area contributed by atoms with E-state index in [2.05, 4.69) is 17.2 Å². The van der Waals surface area contributed by atoms with Gasteiger partial charge >= 0.3 is 6.18 Å². The molecular weight excluding hydrogens is 281 g/mol. The Morgan fingerprint density at radius 2 is 2.11 bits per heavy atom. The molecule has 0 radical (unpaired) electrons. The number of carbonyl (C=O) groups excluding carboxylic acids is 1. The number of anilines is 1. The van der Waals surface area contributed by atoms with Crippen molar-refractivity contribution in [2.24, 2.45) is 0 Å². The van der Waals surface area contributed by atoms with Gasteiger partial charge in [-0.2, -0.15) is 13.2 Å². The second-order valence-corrected chi connectivity index (χ2v) is 4.05. The minimum absolute atomic E-state index is 0.0604. The smallest absolute Gasteiger partial charge is 0.375 e. The highest BCUT2D eigenvalue weighted by Crippen LogP contribution is 2.33. The molecule has 0 fully saturated rings. The molecule has 1 aromatic rings. The van der Waals surface area contributed by atoms with Crippen LogP contribution in [0.4, 0.5) is 18.9 Å². The Bertz CT molecular complexity index is 475. The van der Waals surface area contributed by atoms with Crippen molar-refractivity contribution in [3.8, 4) is 0 Å². The number of hydrogen-bond donors (Lipinski definition) is 2. The van der Waals surface area contributed by atoms with Crippen LogP contribution in [-0.2, 0) is 11.0 Å². The Morgan fingerprint density at radius 3 is 2.68 bits per heavy atom. The molecule has 104 valence electrons. The summed E-state index contributed by atoms with van der Waals surface area (Å²) in [5.74, 6) is -0.367. The normalized spacial score (nSPS) is 10.9. The molecule has 0 aliphatic carbocycles. The molecule has 19 heavy (non-hydrogen) atoms. The van der Waals surface area contributed by atoms with Crippen molar-refractivity contribution in [1.82, 2.24) is 5.32 Å². The van der Waals surface area contributed by atoms with Crippen molar-refractivity contribution >= 4 is 23.2 Å². The van der Waals surface area contributed by atoms with Crippen LogP contribution in [0, 0.1) is 0 Å². The summed E-state index contributed by atoms with van der Waals surface area (Å²) < 4.78 is 37.5. The lowest BCUT2D eigenvalue weighted by molar-refractivity contribution is -0.137. The van der Waals surface area contributed by atoms with Gasteiger partial charge in [-0.1, -0.05) is 17.7 Å². The van der Waals surface area contributed by atoms with E-state index in [4.69, 9.17) is 11.6 Å². The monoisotopic (exact) mass is 292 g/mol. The van der Waals surface area contributed by atoms with Crippen LogP contribution >= 0.6 is 11.6 Å². The number of carbonyl (C=O) groups is 1. The van der Waals surface area contributed by atoms with E-state index in [0.717, 1.165) is 18.2 Å². The number of amides is 1. The predicted octanol–water partition coefficient (Wildman–Crippen LogP) is 3.07. The van der Waals surface area contributed by atoms with Gasteiger partial charge in [0.25, 0.3) is 0 Å². The van der Waals surface area contributed by atoms with Crippen molar-refractivity contribution in [3.05, 3.63) is 41.4 Å². The Morgan fingerprint density at radius 1 is 1.42 bits per heavy atom. The molecule has 0 saturated carbocycles. The van der Waals surface area contributed by atoms with Crippen molar-refractivity contribution in [2.75, 3.05) is 18.4 Å². The fourth-order valence-electron chi connectivity index (χ4n) is 1.26. The highest BCUT2D eigenvalue weighted by atomic mass is 35.5. The lowest BCUT2D eigenvalue weighted by atomic mass is 10.2. The quantitative estimate of drug-likeness (QED) is 0.819. The SMILES string of the molecule is C=CCNC(=O)CNc1cc(C(F)(F)F)ccc1Cl. The van der Waals surface area contributed by atoms with Gasteiger partial charge in [-0.25, -0.2) is 0 Å². The number of halogens is 4. The van der Waals surface area contributed by atoms with Gasteiger partial charge in [-0.3, -0.25) is 4.79 Å². The van der Waals surface area contributed by atoms with Crippen LogP contribution in [0.3, 0.4) is 0 Å². The van der Waals surface area contributed by atoms with Gasteiger partial charge in [-0.15, -0.1) is 6.58 Å². The van der Waals surface area contributed by atoms with Crippen LogP contribution in [0.25, 0.3) is 0 Å². The van der Waals surface area contributed by atoms with Crippen LogP contribution in [0.15, 0.2) is 30.9 Å². The van der Waals surface area contributed by atoms with E-state index in [9.17, 15) is 18.0 Å². The molecule has 1 amide bonds. The number of hydrogen-bond acceptors (Lipinski definition) is 2. The van der Waals surface area contributed by atoms with Crippen molar-refractivity contribution in [1.29, 1.82) is 0 Å². The van der Waals surface area contributed by atoms with E-state index in [0.29, 0.717) is 0 Å². The van der Waals surface area contributed by atoms with Gasteiger partial charge in [0.05, 0.1) is 22.8 Å². The maximum Gasteiger partial charge on any atom is 0.416 e. The van der Waals surface area contributed by atoms with Crippen molar-refractivity contribution in [3.63, 3.8) is 0 Å². The maximum absolute atomic E-state index is 12.5. The van der Waals surface area contributed by atoms with Gasteiger partial charge < -0.3 is 10.6 Å². The van der Waals surface area contributed by atoms with Crippen molar-refractivity contribution < 1.29 is 18.0 Å². The molecule has 1 rings (SSSR count). The largest absolute Gasteiger partial charge is 0.416 e. The van der Waals surface area contributed by atoms with E-state index >= 15 is 0 Å². The molecule has 2 N–H and O–H groups in total. The number of alkyl halides is 3. The molecule has 3 nitrogen and oxygen atoms in total. The topological polar surface area (TPSA) is 41.1 Å². The molecule has 0 unspecified atom stereocenters. The highest BCUT2D eigenvalue weighted by Gasteiger charge is 2.30. The summed E-state index contributed by atoms with van der Waals surface area (Å²) >= 11 is 5.76. The molecule has 0 aliphatic rings. The molecule has 7 heteroatoms. The van der Waals surface area contributed by atoms with Crippen LogP contribution in [0.1, 0.15) is 5.56 Å². The molecule has 0 spiro atoms. The lowest BCUT2D eigenvalue weighted by Crippen LogP contribution is -2.29. The van der Waals surface area contributed by atoms with Crippen LogP contribution in [-0.4, -0.2) is 19.0 Å². The fourth-order valence-corrected chi connectivity index (χ4v) is 1.45. The minimum Gasteiger partial charge on any atom is -0.375 e. The first-order chi connectivity index (χ1) is 8.84. The van der Waals surface area contributed by atoms with E-state index in [-0.39, 0.29) is 29.7 Å². The first-order valence-corrected chi connectivity index (χ1v) is 5.70. The average molecular weight is 293 g/mol. The maximum atomic E-state index is 12.5. The van der Waals surface area contributed by atoms with Gasteiger partial charge in [-0.05, 0) is 18.2 Å². The van der Waals surface area contributed by atoms with Crippen LogP contribution in [0.2, 0.25) is 5.02 Å². The zero-order chi connectivity index (χ0) is 14.5. The van der Waals surface area contributed by atoms with E-state index in [1.165, 1.54) is 6.08 Å². The second kappa shape index (κ2) is 6.47. The van der Waals surface area contributed by atoms with E-state index in [1.54, 1.807) is 0 Å². The number of benzene rings is 1. The fraction of sp³-hybridized carbons (Fsp3) is 0.250. The van der Waals surface area contributed by atoms with Crippen LogP contribution in [0.5, 0.6) is 0 Å². The van der Waals surface area contributed by atoms with E-state index in [1.807, 2.05) is 0 Å². The predicted molar refractivity (Wildman–Crippen MR) is 68.2 cm³/mol. The Labute approximate surface area is 113 Å². The standard InChI is InChI=1S/C12H12ClF3N2O/c1-2-5-17-11(19)7-18-10-6-8(12(14,15)16)3-4-9(10)13/h2-4,6,18H,1,5,7H2,(H,17,19). The zero-order valence-corrected chi connectivity index (χ0v) is 10.6. The van der Waals surface area contributed by atoms with E-state index < -0.39 is 11.7 Å². The highest BCUT2D eigenvalue weighted by molar-refractivity contribution is 6.33. The lowest BCUT2D eigenvalue weighted by Gasteiger charge is -2.12. The zero-order valence-electron chi connectivity index (χ0n) is 9.85. The summed E-state index contributed by atoms with van der Waals surface area (Å²) in [7, 11) is 0. The summed E-state index contributed by atoms with van der Waals surface area (Å²) in [6, 6.07) is 2.88. The Kier molecular flexibility index (Phi) is 5.23. The molecule has 0 bridgehead atoms. The first kappa shape index (κ1) is 15.4. The van der Waals surface area contributed by atoms with Gasteiger partial charge in [0.15, 0.2) is 0 Å². The molecule has 0 atom stereocenters. The summed E-state index contributed by atoms with van der Waals surface area (Å²) in [6.45, 7) is 3.54. The van der Waals surface area contributed by atoms with Gasteiger partial charge in [0, 0.05) is 6.54 Å². The third-order valence-electron chi connectivity index (χ3n) is 2.18. The summed E-state index contributed by atoms with van der Waals surface area (Å²) in [6.07, 6.45) is -2.96. The molecule has 1 aromatic carbocycles. The minimum atomic E-state index is -4.45. The Hall–Kier alpha value is -1.69. The summed E-state index contributed by atoms with van der Waals surface area (Å²) in [4.78, 5) is 11.3. The number of nitrogens with one attached hydrogen (secondary N) is 2. The molecule has 0 aliphatic heterocycles. The summed E-state index contributed by atoms with van der Waals surface area (Å²) in [5.41, 5.74) is -0.767. The molecule has 0 aromatic heterocycles. The van der Waals surface area contributed by atoms with Gasteiger partial charge in [0.1, 0.15) is 0 Å². The third-order valence-corrected chi connectivity index (χ3v) is 2.51. The molecular formula is C12H12ClF3N2O. The Balaban J connectivity index is 2.72. The average Bonchev–Trinajstić information content (AvgIpc) is 2.33. The van der Waals surface area contributed by atoms with Crippen molar-refractivity contribution in [2.45, 2.75) is 6.18 Å².